The van der Waals surface area contributed by atoms with Crippen LogP contribution in [0.25, 0.3) is 0 Å². The van der Waals surface area contributed by atoms with Crippen LogP contribution in [0, 0.1) is 5.92 Å². The molecule has 2 bridgehead atoms. The molecule has 2 atom stereocenters. The topological polar surface area (TPSA) is 55.8 Å². The summed E-state index contributed by atoms with van der Waals surface area (Å²) in [5.74, 6) is 0.160. The number of methoxy groups -OCH3 is 1. The third-order valence-corrected chi connectivity index (χ3v) is 4.93. The second-order valence-corrected chi connectivity index (χ2v) is 6.45. The first-order valence-electron chi connectivity index (χ1n) is 8.23. The molecule has 2 fully saturated rings. The average Bonchev–Trinajstić information content (AvgIpc) is 2.84. The quantitative estimate of drug-likeness (QED) is 0.801. The molecular formula is C18H23NO4. The molecule has 0 aliphatic carbocycles. The van der Waals surface area contributed by atoms with Gasteiger partial charge in [-0.1, -0.05) is 30.3 Å². The van der Waals surface area contributed by atoms with Crippen LogP contribution in [0.4, 0.5) is 4.79 Å². The Kier molecular flexibility index (Phi) is 4.84. The molecule has 1 amide bonds. The summed E-state index contributed by atoms with van der Waals surface area (Å²) in [6, 6.07) is 10.1. The summed E-state index contributed by atoms with van der Waals surface area (Å²) >= 11 is 0. The number of hydrogen-bond acceptors (Lipinski definition) is 4. The molecule has 1 aromatic rings. The van der Waals surface area contributed by atoms with Crippen molar-refractivity contribution >= 4 is 12.1 Å². The molecule has 1 aromatic carbocycles. The third-order valence-electron chi connectivity index (χ3n) is 4.93. The minimum Gasteiger partial charge on any atom is -0.469 e. The van der Waals surface area contributed by atoms with Crippen LogP contribution in [-0.4, -0.2) is 36.2 Å². The van der Waals surface area contributed by atoms with Gasteiger partial charge in [-0.3, -0.25) is 4.79 Å². The molecule has 5 heteroatoms. The van der Waals surface area contributed by atoms with Crippen molar-refractivity contribution in [2.75, 3.05) is 7.11 Å². The Balaban J connectivity index is 1.55. The highest BCUT2D eigenvalue weighted by Gasteiger charge is 2.44. The summed E-state index contributed by atoms with van der Waals surface area (Å²) in [5, 5.41) is 0. The number of esters is 1. The first-order chi connectivity index (χ1) is 11.2. The van der Waals surface area contributed by atoms with E-state index in [1.807, 2.05) is 35.2 Å². The predicted octanol–water partition coefficient (Wildman–Crippen LogP) is 3.13. The van der Waals surface area contributed by atoms with E-state index in [4.69, 9.17) is 9.47 Å². The van der Waals surface area contributed by atoms with Gasteiger partial charge in [0, 0.05) is 18.5 Å². The Bertz CT molecular complexity index is 545. The standard InChI is InChI=1S/C18H23NO4/c1-22-17(20)11-14-9-15-7-8-16(10-14)19(15)18(21)23-12-13-5-3-2-4-6-13/h2-6,14-16H,7-12H2,1H3. The molecule has 2 saturated heterocycles. The number of nitrogens with zero attached hydrogens (tertiary/aromatic N) is 1. The predicted molar refractivity (Wildman–Crippen MR) is 84.6 cm³/mol. The number of amides is 1. The molecule has 0 spiro atoms. The number of carbonyl (C=O) groups excluding carboxylic acids is 2. The van der Waals surface area contributed by atoms with Crippen molar-refractivity contribution in [2.45, 2.75) is 50.8 Å². The van der Waals surface area contributed by atoms with Crippen molar-refractivity contribution in [3.8, 4) is 0 Å². The number of hydrogen-bond donors (Lipinski definition) is 0. The van der Waals surface area contributed by atoms with Crippen LogP contribution in [-0.2, 0) is 20.9 Å². The van der Waals surface area contributed by atoms with Gasteiger partial charge in [0.05, 0.1) is 7.11 Å². The molecule has 23 heavy (non-hydrogen) atoms. The molecule has 0 radical (unpaired) electrons. The van der Waals surface area contributed by atoms with Crippen LogP contribution in [0.2, 0.25) is 0 Å². The van der Waals surface area contributed by atoms with Crippen LogP contribution in [0.1, 0.15) is 37.7 Å². The van der Waals surface area contributed by atoms with E-state index >= 15 is 0 Å². The van der Waals surface area contributed by atoms with Gasteiger partial charge in [0.15, 0.2) is 0 Å². The lowest BCUT2D eigenvalue weighted by Crippen LogP contribution is -2.47. The monoisotopic (exact) mass is 317 g/mol. The molecule has 3 rings (SSSR count). The number of benzene rings is 1. The highest BCUT2D eigenvalue weighted by Crippen LogP contribution is 2.40. The fourth-order valence-electron chi connectivity index (χ4n) is 3.87. The Morgan fingerprint density at radius 3 is 2.39 bits per heavy atom. The first kappa shape index (κ1) is 15.8. The smallest absolute Gasteiger partial charge is 0.410 e. The summed E-state index contributed by atoms with van der Waals surface area (Å²) in [5.41, 5.74) is 0.994. The maximum atomic E-state index is 12.4. The van der Waals surface area contributed by atoms with E-state index in [2.05, 4.69) is 0 Å². The van der Waals surface area contributed by atoms with E-state index in [1.165, 1.54) is 7.11 Å². The molecule has 124 valence electrons. The highest BCUT2D eigenvalue weighted by atomic mass is 16.6. The lowest BCUT2D eigenvalue weighted by Gasteiger charge is -2.37. The summed E-state index contributed by atoms with van der Waals surface area (Å²) in [4.78, 5) is 25.8. The van der Waals surface area contributed by atoms with Crippen molar-refractivity contribution < 1.29 is 19.1 Å². The minimum absolute atomic E-state index is 0.158. The SMILES string of the molecule is COC(=O)CC1CC2CCC(C1)N2C(=O)OCc1ccccc1. The van der Waals surface area contributed by atoms with Crippen LogP contribution in [0.5, 0.6) is 0 Å². The van der Waals surface area contributed by atoms with E-state index in [0.717, 1.165) is 31.2 Å². The maximum absolute atomic E-state index is 12.4. The molecule has 2 heterocycles. The Hall–Kier alpha value is -2.04. The largest absolute Gasteiger partial charge is 0.469 e. The lowest BCUT2D eigenvalue weighted by molar-refractivity contribution is -0.142. The van der Waals surface area contributed by atoms with Crippen molar-refractivity contribution in [1.82, 2.24) is 4.90 Å². The van der Waals surface area contributed by atoms with Crippen LogP contribution < -0.4 is 0 Å². The Morgan fingerprint density at radius 2 is 1.78 bits per heavy atom. The molecule has 0 saturated carbocycles. The zero-order chi connectivity index (χ0) is 16.2. The first-order valence-corrected chi connectivity index (χ1v) is 8.23. The molecule has 2 aliphatic rings. The van der Waals surface area contributed by atoms with Crippen molar-refractivity contribution in [1.29, 1.82) is 0 Å². The van der Waals surface area contributed by atoms with Gasteiger partial charge in [0.2, 0.25) is 0 Å². The van der Waals surface area contributed by atoms with Gasteiger partial charge in [0.25, 0.3) is 0 Å². The fraction of sp³-hybridized carbons (Fsp3) is 0.556. The second kappa shape index (κ2) is 7.02. The highest BCUT2D eigenvalue weighted by molar-refractivity contribution is 5.70. The molecular weight excluding hydrogens is 294 g/mol. The van der Waals surface area contributed by atoms with Gasteiger partial charge in [-0.05, 0) is 37.2 Å². The zero-order valence-corrected chi connectivity index (χ0v) is 13.4. The van der Waals surface area contributed by atoms with Crippen molar-refractivity contribution in [3.63, 3.8) is 0 Å². The van der Waals surface area contributed by atoms with Gasteiger partial charge in [-0.15, -0.1) is 0 Å². The van der Waals surface area contributed by atoms with Crippen LogP contribution >= 0.6 is 0 Å². The van der Waals surface area contributed by atoms with E-state index in [0.29, 0.717) is 18.9 Å². The van der Waals surface area contributed by atoms with Gasteiger partial charge in [0.1, 0.15) is 6.61 Å². The minimum atomic E-state index is -0.224. The van der Waals surface area contributed by atoms with Gasteiger partial charge in [-0.25, -0.2) is 4.79 Å². The maximum Gasteiger partial charge on any atom is 0.410 e. The summed E-state index contributed by atoms with van der Waals surface area (Å²) in [6.45, 7) is 0.307. The fourth-order valence-corrected chi connectivity index (χ4v) is 3.87. The summed E-state index contributed by atoms with van der Waals surface area (Å²) in [6.07, 6.45) is 3.97. The molecule has 5 nitrogen and oxygen atoms in total. The molecule has 2 unspecified atom stereocenters. The van der Waals surface area contributed by atoms with E-state index < -0.39 is 0 Å². The number of piperidine rings is 1. The van der Waals surface area contributed by atoms with Gasteiger partial charge in [-0.2, -0.15) is 0 Å². The summed E-state index contributed by atoms with van der Waals surface area (Å²) < 4.78 is 10.2. The van der Waals surface area contributed by atoms with E-state index in [-0.39, 0.29) is 24.1 Å². The second-order valence-electron chi connectivity index (χ2n) is 6.45. The Morgan fingerprint density at radius 1 is 1.13 bits per heavy atom. The number of fused-ring (bicyclic) bond motifs is 2. The van der Waals surface area contributed by atoms with Crippen molar-refractivity contribution in [3.05, 3.63) is 35.9 Å². The summed E-state index contributed by atoms with van der Waals surface area (Å²) in [7, 11) is 1.42. The molecule has 0 N–H and O–H groups in total. The average molecular weight is 317 g/mol. The third kappa shape index (κ3) is 3.66. The Labute approximate surface area is 136 Å². The lowest BCUT2D eigenvalue weighted by atomic mass is 9.88. The van der Waals surface area contributed by atoms with E-state index in [9.17, 15) is 9.59 Å². The van der Waals surface area contributed by atoms with Gasteiger partial charge < -0.3 is 14.4 Å². The molecule has 0 aromatic heterocycles. The van der Waals surface area contributed by atoms with Crippen LogP contribution in [0.3, 0.4) is 0 Å². The molecule has 2 aliphatic heterocycles. The number of ether oxygens (including phenoxy) is 2. The normalized spacial score (nSPS) is 26.0. The van der Waals surface area contributed by atoms with Crippen LogP contribution in [0.15, 0.2) is 30.3 Å². The number of rotatable bonds is 4. The zero-order valence-electron chi connectivity index (χ0n) is 13.4. The van der Waals surface area contributed by atoms with E-state index in [1.54, 1.807) is 0 Å². The number of carbonyl (C=O) groups is 2. The van der Waals surface area contributed by atoms with Gasteiger partial charge >= 0.3 is 12.1 Å². The van der Waals surface area contributed by atoms with Crippen molar-refractivity contribution in [2.24, 2.45) is 5.92 Å².